The highest BCUT2D eigenvalue weighted by atomic mass is 32.2. The Hall–Kier alpha value is -1.07. The average Bonchev–Trinajstić information content (AvgIpc) is 2.38. The van der Waals surface area contributed by atoms with Crippen LogP contribution >= 0.6 is 0 Å². The summed E-state index contributed by atoms with van der Waals surface area (Å²) in [6.07, 6.45) is 4.49. The molecule has 0 spiro atoms. The highest BCUT2D eigenvalue weighted by Gasteiger charge is 2.11. The Bertz CT molecular complexity index is 460. The van der Waals surface area contributed by atoms with Gasteiger partial charge >= 0.3 is 0 Å². The Balaban J connectivity index is 2.83. The standard InChI is InChI=1S/C14H23NO3S/c1-3-5-11-15(12-6-4-2)13-7-9-14(10-8-13)19(16,17)18/h7-10H,3-6,11-12H2,1-2H3,(H,16,17,18). The minimum absolute atomic E-state index is 0.0535. The van der Waals surface area contributed by atoms with Crippen LogP contribution in [0.5, 0.6) is 0 Å². The molecule has 0 aliphatic heterocycles. The maximum Gasteiger partial charge on any atom is 0.294 e. The molecule has 19 heavy (non-hydrogen) atoms. The molecule has 5 heteroatoms. The van der Waals surface area contributed by atoms with E-state index in [2.05, 4.69) is 18.7 Å². The van der Waals surface area contributed by atoms with Gasteiger partial charge in [-0.25, -0.2) is 0 Å². The summed E-state index contributed by atoms with van der Waals surface area (Å²) in [4.78, 5) is 2.21. The first-order valence-corrected chi connectivity index (χ1v) is 8.25. The predicted molar refractivity (Wildman–Crippen MR) is 78.3 cm³/mol. The number of unbranched alkanes of at least 4 members (excludes halogenated alkanes) is 2. The smallest absolute Gasteiger partial charge is 0.294 e. The van der Waals surface area contributed by atoms with Gasteiger partial charge in [0.2, 0.25) is 0 Å². The molecule has 0 aliphatic carbocycles. The maximum atomic E-state index is 11.0. The Kier molecular flexibility index (Phi) is 6.31. The molecule has 0 radical (unpaired) electrons. The topological polar surface area (TPSA) is 57.6 Å². The second kappa shape index (κ2) is 7.50. The summed E-state index contributed by atoms with van der Waals surface area (Å²) >= 11 is 0. The lowest BCUT2D eigenvalue weighted by molar-refractivity contribution is 0.483. The summed E-state index contributed by atoms with van der Waals surface area (Å²) in [6.45, 7) is 6.25. The second-order valence-electron chi connectivity index (χ2n) is 4.66. The van der Waals surface area contributed by atoms with Crippen LogP contribution in [0, 0.1) is 0 Å². The molecule has 0 aliphatic rings. The van der Waals surface area contributed by atoms with Crippen molar-refractivity contribution in [2.24, 2.45) is 0 Å². The van der Waals surface area contributed by atoms with E-state index in [-0.39, 0.29) is 4.90 Å². The minimum atomic E-state index is -4.10. The van der Waals surface area contributed by atoms with Crippen molar-refractivity contribution in [2.45, 2.75) is 44.4 Å². The van der Waals surface area contributed by atoms with Gasteiger partial charge in [0.05, 0.1) is 4.90 Å². The predicted octanol–water partition coefficient (Wildman–Crippen LogP) is 3.34. The molecular weight excluding hydrogens is 262 g/mol. The molecular formula is C14H23NO3S. The lowest BCUT2D eigenvalue weighted by atomic mass is 10.2. The van der Waals surface area contributed by atoms with E-state index in [9.17, 15) is 8.42 Å². The fraction of sp³-hybridized carbons (Fsp3) is 0.571. The van der Waals surface area contributed by atoms with Crippen LogP contribution in [0.4, 0.5) is 5.69 Å². The molecule has 0 aromatic heterocycles. The minimum Gasteiger partial charge on any atom is -0.372 e. The summed E-state index contributed by atoms with van der Waals surface area (Å²) in [7, 11) is -4.10. The van der Waals surface area contributed by atoms with E-state index in [0.717, 1.165) is 44.5 Å². The van der Waals surface area contributed by atoms with E-state index in [0.29, 0.717) is 0 Å². The first-order chi connectivity index (χ1) is 8.99. The lowest BCUT2D eigenvalue weighted by Crippen LogP contribution is -2.25. The third-order valence-electron chi connectivity index (χ3n) is 3.06. The summed E-state index contributed by atoms with van der Waals surface area (Å²) < 4.78 is 31.0. The van der Waals surface area contributed by atoms with Gasteiger partial charge in [0.15, 0.2) is 0 Å². The van der Waals surface area contributed by atoms with Crippen molar-refractivity contribution in [3.8, 4) is 0 Å². The molecule has 108 valence electrons. The number of benzene rings is 1. The number of hydrogen-bond acceptors (Lipinski definition) is 3. The second-order valence-corrected chi connectivity index (χ2v) is 6.08. The molecule has 4 nitrogen and oxygen atoms in total. The third kappa shape index (κ3) is 5.20. The molecule has 1 aromatic rings. The van der Waals surface area contributed by atoms with E-state index < -0.39 is 10.1 Å². The van der Waals surface area contributed by atoms with Crippen LogP contribution in [0.3, 0.4) is 0 Å². The van der Waals surface area contributed by atoms with Gasteiger partial charge in [-0.1, -0.05) is 26.7 Å². The van der Waals surface area contributed by atoms with Crippen LogP contribution in [0.1, 0.15) is 39.5 Å². The largest absolute Gasteiger partial charge is 0.372 e. The van der Waals surface area contributed by atoms with Gasteiger partial charge in [-0.3, -0.25) is 4.55 Å². The molecule has 1 N–H and O–H groups in total. The van der Waals surface area contributed by atoms with Gasteiger partial charge < -0.3 is 4.90 Å². The van der Waals surface area contributed by atoms with Crippen LogP contribution < -0.4 is 4.90 Å². The van der Waals surface area contributed by atoms with Crippen molar-refractivity contribution in [3.63, 3.8) is 0 Å². The van der Waals surface area contributed by atoms with Crippen LogP contribution in [-0.2, 0) is 10.1 Å². The fourth-order valence-corrected chi connectivity index (χ4v) is 2.38. The SMILES string of the molecule is CCCCN(CCCC)c1ccc(S(=O)(=O)O)cc1. The molecule has 0 bridgehead atoms. The first kappa shape index (κ1) is 16.0. The number of hydrogen-bond donors (Lipinski definition) is 1. The summed E-state index contributed by atoms with van der Waals surface area (Å²) in [5.74, 6) is 0. The van der Waals surface area contributed by atoms with Gasteiger partial charge in [-0.05, 0) is 37.1 Å². The zero-order valence-electron chi connectivity index (χ0n) is 11.7. The third-order valence-corrected chi connectivity index (χ3v) is 3.93. The Morgan fingerprint density at radius 3 is 1.84 bits per heavy atom. The van der Waals surface area contributed by atoms with Crippen LogP contribution in [0.2, 0.25) is 0 Å². The zero-order chi connectivity index (χ0) is 14.3. The molecule has 1 aromatic carbocycles. The summed E-state index contributed by atoms with van der Waals surface area (Å²) in [5, 5.41) is 0. The van der Waals surface area contributed by atoms with Crippen LogP contribution in [-0.4, -0.2) is 26.1 Å². The lowest BCUT2D eigenvalue weighted by Gasteiger charge is -2.24. The zero-order valence-corrected chi connectivity index (χ0v) is 12.5. The molecule has 0 saturated heterocycles. The Morgan fingerprint density at radius 1 is 1.00 bits per heavy atom. The van der Waals surface area contributed by atoms with Gasteiger partial charge in [-0.2, -0.15) is 8.42 Å². The van der Waals surface area contributed by atoms with Crippen LogP contribution in [0.15, 0.2) is 29.2 Å². The summed E-state index contributed by atoms with van der Waals surface area (Å²) in [6, 6.07) is 6.42. The fourth-order valence-electron chi connectivity index (χ4n) is 1.90. The quantitative estimate of drug-likeness (QED) is 0.744. The molecule has 0 saturated carbocycles. The van der Waals surface area contributed by atoms with Crippen molar-refractivity contribution < 1.29 is 13.0 Å². The highest BCUT2D eigenvalue weighted by Crippen LogP contribution is 2.19. The molecule has 0 heterocycles. The molecule has 0 unspecified atom stereocenters. The Morgan fingerprint density at radius 2 is 1.47 bits per heavy atom. The molecule has 1 rings (SSSR count). The molecule has 0 atom stereocenters. The van der Waals surface area contributed by atoms with Gasteiger partial charge in [0, 0.05) is 18.8 Å². The van der Waals surface area contributed by atoms with Gasteiger partial charge in [-0.15, -0.1) is 0 Å². The number of nitrogens with zero attached hydrogens (tertiary/aromatic N) is 1. The van der Waals surface area contributed by atoms with Crippen molar-refractivity contribution in [1.29, 1.82) is 0 Å². The Labute approximate surface area is 116 Å². The maximum absolute atomic E-state index is 11.0. The van der Waals surface area contributed by atoms with Crippen molar-refractivity contribution in [1.82, 2.24) is 0 Å². The molecule has 0 fully saturated rings. The highest BCUT2D eigenvalue weighted by molar-refractivity contribution is 7.85. The van der Waals surface area contributed by atoms with E-state index in [1.807, 2.05) is 0 Å². The van der Waals surface area contributed by atoms with E-state index in [1.54, 1.807) is 12.1 Å². The van der Waals surface area contributed by atoms with Gasteiger partial charge in [0.25, 0.3) is 10.1 Å². The van der Waals surface area contributed by atoms with Crippen molar-refractivity contribution in [3.05, 3.63) is 24.3 Å². The normalized spacial score (nSPS) is 11.5. The monoisotopic (exact) mass is 285 g/mol. The van der Waals surface area contributed by atoms with Crippen molar-refractivity contribution >= 4 is 15.8 Å². The van der Waals surface area contributed by atoms with Crippen molar-refractivity contribution in [2.75, 3.05) is 18.0 Å². The van der Waals surface area contributed by atoms with E-state index in [4.69, 9.17) is 4.55 Å². The van der Waals surface area contributed by atoms with E-state index >= 15 is 0 Å². The van der Waals surface area contributed by atoms with E-state index in [1.165, 1.54) is 12.1 Å². The number of rotatable bonds is 8. The average molecular weight is 285 g/mol. The number of anilines is 1. The summed E-state index contributed by atoms with van der Waals surface area (Å²) in [5.41, 5.74) is 1.01. The van der Waals surface area contributed by atoms with Gasteiger partial charge in [0.1, 0.15) is 0 Å². The van der Waals surface area contributed by atoms with Crippen LogP contribution in [0.25, 0.3) is 0 Å². The molecule has 0 amide bonds. The first-order valence-electron chi connectivity index (χ1n) is 6.81.